The second-order valence-electron chi connectivity index (χ2n) is 5.11. The molecule has 16 heavy (non-hydrogen) atoms. The van der Waals surface area contributed by atoms with Gasteiger partial charge in [-0.25, -0.2) is 0 Å². The molecule has 1 aliphatic rings. The van der Waals surface area contributed by atoms with Crippen LogP contribution < -0.4 is 5.32 Å². The largest absolute Gasteiger partial charge is 0.312 e. The molecule has 0 amide bonds. The number of likely N-dealkylation sites (N-methyl/N-ethyl adjacent to an activating group) is 1. The minimum absolute atomic E-state index is 0.628. The number of nitrogens with zero attached hydrogens (tertiary/aromatic N) is 1. The maximum absolute atomic E-state index is 3.73. The average Bonchev–Trinajstić information content (AvgIpc) is 2.56. The van der Waals surface area contributed by atoms with Crippen molar-refractivity contribution in [1.82, 2.24) is 10.2 Å². The molecule has 2 nitrogen and oxygen atoms in total. The third-order valence-electron chi connectivity index (χ3n) is 3.82. The van der Waals surface area contributed by atoms with Crippen LogP contribution in [0.15, 0.2) is 12.7 Å². The predicted octanol–water partition coefficient (Wildman–Crippen LogP) is 2.81. The van der Waals surface area contributed by atoms with E-state index in [9.17, 15) is 0 Å². The van der Waals surface area contributed by atoms with Gasteiger partial charge in [0.05, 0.1) is 0 Å². The summed E-state index contributed by atoms with van der Waals surface area (Å²) in [5.74, 6) is 0. The second kappa shape index (κ2) is 7.86. The quantitative estimate of drug-likeness (QED) is 0.424. The Balaban J connectivity index is 2.29. The standard InChI is InChI=1S/C14H28N2/c1-4-11-15-12-13(2)16(3)14-9-7-5-6-8-10-14/h4,13-15H,1,5-12H2,2-3H3. The molecule has 0 radical (unpaired) electrons. The average molecular weight is 224 g/mol. The van der Waals surface area contributed by atoms with Gasteiger partial charge in [-0.2, -0.15) is 0 Å². The van der Waals surface area contributed by atoms with Crippen LogP contribution in [0.4, 0.5) is 0 Å². The summed E-state index contributed by atoms with van der Waals surface area (Å²) in [5, 5.41) is 3.41. The van der Waals surface area contributed by atoms with Crippen LogP contribution in [0.25, 0.3) is 0 Å². The summed E-state index contributed by atoms with van der Waals surface area (Å²) < 4.78 is 0. The van der Waals surface area contributed by atoms with E-state index in [0.29, 0.717) is 6.04 Å². The van der Waals surface area contributed by atoms with Crippen LogP contribution in [-0.2, 0) is 0 Å². The summed E-state index contributed by atoms with van der Waals surface area (Å²) in [6, 6.07) is 1.44. The highest BCUT2D eigenvalue weighted by atomic mass is 15.2. The molecule has 0 saturated heterocycles. The Hall–Kier alpha value is -0.340. The Bertz CT molecular complexity index is 183. The van der Waals surface area contributed by atoms with E-state index in [1.807, 2.05) is 6.08 Å². The number of nitrogens with one attached hydrogen (secondary N) is 1. The van der Waals surface area contributed by atoms with Crippen molar-refractivity contribution in [2.45, 2.75) is 57.5 Å². The van der Waals surface area contributed by atoms with E-state index in [1.165, 1.54) is 38.5 Å². The van der Waals surface area contributed by atoms with E-state index in [0.717, 1.165) is 19.1 Å². The molecular weight excluding hydrogens is 196 g/mol. The molecule has 0 bridgehead atoms. The molecule has 0 aromatic carbocycles. The molecule has 1 saturated carbocycles. The SMILES string of the molecule is C=CCNCC(C)N(C)C1CCCCCC1. The van der Waals surface area contributed by atoms with E-state index in [4.69, 9.17) is 0 Å². The van der Waals surface area contributed by atoms with E-state index in [2.05, 4.69) is 30.8 Å². The van der Waals surface area contributed by atoms with Gasteiger partial charge in [0.25, 0.3) is 0 Å². The Kier molecular flexibility index (Phi) is 6.74. The molecule has 0 heterocycles. The van der Waals surface area contributed by atoms with Crippen molar-refractivity contribution >= 4 is 0 Å². The predicted molar refractivity (Wildman–Crippen MR) is 71.8 cm³/mol. The number of rotatable bonds is 6. The maximum Gasteiger partial charge on any atom is 0.0192 e. The highest BCUT2D eigenvalue weighted by Crippen LogP contribution is 2.22. The fraction of sp³-hybridized carbons (Fsp3) is 0.857. The summed E-state index contributed by atoms with van der Waals surface area (Å²) >= 11 is 0. The summed E-state index contributed by atoms with van der Waals surface area (Å²) in [6.07, 6.45) is 10.4. The van der Waals surface area contributed by atoms with Gasteiger partial charge < -0.3 is 5.32 Å². The van der Waals surface area contributed by atoms with Gasteiger partial charge >= 0.3 is 0 Å². The molecule has 1 atom stereocenters. The molecule has 0 aromatic heterocycles. The van der Waals surface area contributed by atoms with Gasteiger partial charge in [-0.3, -0.25) is 4.90 Å². The molecule has 1 rings (SSSR count). The zero-order valence-corrected chi connectivity index (χ0v) is 11.0. The van der Waals surface area contributed by atoms with Crippen molar-refractivity contribution in [2.75, 3.05) is 20.1 Å². The van der Waals surface area contributed by atoms with Gasteiger partial charge in [-0.15, -0.1) is 6.58 Å². The van der Waals surface area contributed by atoms with Crippen molar-refractivity contribution in [3.8, 4) is 0 Å². The Morgan fingerprint density at radius 3 is 2.50 bits per heavy atom. The van der Waals surface area contributed by atoms with Gasteiger partial charge in [0.1, 0.15) is 0 Å². The van der Waals surface area contributed by atoms with Gasteiger partial charge in [0.15, 0.2) is 0 Å². The first kappa shape index (κ1) is 13.7. The third kappa shape index (κ3) is 4.67. The number of hydrogen-bond acceptors (Lipinski definition) is 2. The van der Waals surface area contributed by atoms with Crippen molar-refractivity contribution in [2.24, 2.45) is 0 Å². The van der Waals surface area contributed by atoms with Crippen LogP contribution in [0.3, 0.4) is 0 Å². The zero-order chi connectivity index (χ0) is 11.8. The van der Waals surface area contributed by atoms with Crippen molar-refractivity contribution in [1.29, 1.82) is 0 Å². The second-order valence-corrected chi connectivity index (χ2v) is 5.11. The molecule has 0 spiro atoms. The van der Waals surface area contributed by atoms with Crippen LogP contribution in [0.5, 0.6) is 0 Å². The minimum atomic E-state index is 0.628. The number of hydrogen-bond donors (Lipinski definition) is 1. The van der Waals surface area contributed by atoms with E-state index >= 15 is 0 Å². The summed E-state index contributed by atoms with van der Waals surface area (Å²) in [5.41, 5.74) is 0. The molecule has 1 unspecified atom stereocenters. The monoisotopic (exact) mass is 224 g/mol. The van der Waals surface area contributed by atoms with Crippen LogP contribution >= 0.6 is 0 Å². The summed E-state index contributed by atoms with van der Waals surface area (Å²) in [7, 11) is 2.29. The Labute approximate surface area is 101 Å². The van der Waals surface area contributed by atoms with Gasteiger partial charge in [-0.05, 0) is 26.8 Å². The van der Waals surface area contributed by atoms with Crippen molar-refractivity contribution < 1.29 is 0 Å². The van der Waals surface area contributed by atoms with Crippen molar-refractivity contribution in [3.05, 3.63) is 12.7 Å². The van der Waals surface area contributed by atoms with Crippen LogP contribution in [0, 0.1) is 0 Å². The minimum Gasteiger partial charge on any atom is -0.312 e. The van der Waals surface area contributed by atoms with Crippen molar-refractivity contribution in [3.63, 3.8) is 0 Å². The summed E-state index contributed by atoms with van der Waals surface area (Å²) in [6.45, 7) is 8.04. The fourth-order valence-electron chi connectivity index (χ4n) is 2.56. The lowest BCUT2D eigenvalue weighted by Crippen LogP contribution is -2.43. The zero-order valence-electron chi connectivity index (χ0n) is 11.0. The smallest absolute Gasteiger partial charge is 0.0192 e. The normalized spacial score (nSPS) is 20.7. The molecule has 0 aliphatic heterocycles. The highest BCUT2D eigenvalue weighted by Gasteiger charge is 2.20. The lowest BCUT2D eigenvalue weighted by Gasteiger charge is -2.32. The first-order valence-corrected chi connectivity index (χ1v) is 6.79. The van der Waals surface area contributed by atoms with E-state index in [1.54, 1.807) is 0 Å². The van der Waals surface area contributed by atoms with Gasteiger partial charge in [0.2, 0.25) is 0 Å². The summed E-state index contributed by atoms with van der Waals surface area (Å²) in [4.78, 5) is 2.57. The van der Waals surface area contributed by atoms with Crippen LogP contribution in [0.2, 0.25) is 0 Å². The van der Waals surface area contributed by atoms with E-state index < -0.39 is 0 Å². The topological polar surface area (TPSA) is 15.3 Å². The molecule has 2 heteroatoms. The van der Waals surface area contributed by atoms with Gasteiger partial charge in [-0.1, -0.05) is 31.8 Å². The molecule has 0 aromatic rings. The molecule has 1 fully saturated rings. The van der Waals surface area contributed by atoms with Gasteiger partial charge in [0, 0.05) is 25.2 Å². The maximum atomic E-state index is 3.73. The third-order valence-corrected chi connectivity index (χ3v) is 3.82. The van der Waals surface area contributed by atoms with Crippen LogP contribution in [0.1, 0.15) is 45.4 Å². The molecule has 1 aliphatic carbocycles. The molecule has 1 N–H and O–H groups in total. The molecule has 94 valence electrons. The lowest BCUT2D eigenvalue weighted by atomic mass is 10.1. The Morgan fingerprint density at radius 2 is 1.94 bits per heavy atom. The van der Waals surface area contributed by atoms with Crippen LogP contribution in [-0.4, -0.2) is 37.1 Å². The molecular formula is C14H28N2. The first-order chi connectivity index (χ1) is 7.75. The highest BCUT2D eigenvalue weighted by molar-refractivity contribution is 4.79. The Morgan fingerprint density at radius 1 is 1.31 bits per heavy atom. The first-order valence-electron chi connectivity index (χ1n) is 6.79. The lowest BCUT2D eigenvalue weighted by molar-refractivity contribution is 0.166. The fourth-order valence-corrected chi connectivity index (χ4v) is 2.56. The van der Waals surface area contributed by atoms with E-state index in [-0.39, 0.29) is 0 Å².